The number of carbonyl (C=O) groups excluding carboxylic acids is 2. The quantitative estimate of drug-likeness (QED) is 0.799. The molecule has 23 heavy (non-hydrogen) atoms. The maximum absolute atomic E-state index is 12.6. The van der Waals surface area contributed by atoms with Crippen LogP contribution in [0.3, 0.4) is 0 Å². The SMILES string of the molecule is CC(C)C(C(=O)Nc1ccc(OCCN)cc1)N1CCCC1=O. The lowest BCUT2D eigenvalue weighted by Crippen LogP contribution is -2.47. The highest BCUT2D eigenvalue weighted by Crippen LogP contribution is 2.21. The van der Waals surface area contributed by atoms with Crippen LogP contribution in [0.15, 0.2) is 24.3 Å². The smallest absolute Gasteiger partial charge is 0.247 e. The molecule has 1 heterocycles. The highest BCUT2D eigenvalue weighted by Gasteiger charge is 2.34. The Morgan fingerprint density at radius 2 is 2.04 bits per heavy atom. The van der Waals surface area contributed by atoms with Crippen molar-refractivity contribution in [2.24, 2.45) is 11.7 Å². The van der Waals surface area contributed by atoms with Gasteiger partial charge in [-0.2, -0.15) is 0 Å². The van der Waals surface area contributed by atoms with Crippen molar-refractivity contribution in [2.45, 2.75) is 32.7 Å². The van der Waals surface area contributed by atoms with Crippen LogP contribution in [0.2, 0.25) is 0 Å². The molecule has 1 aliphatic rings. The number of carbonyl (C=O) groups is 2. The molecule has 1 saturated heterocycles. The average molecular weight is 319 g/mol. The summed E-state index contributed by atoms with van der Waals surface area (Å²) >= 11 is 0. The molecule has 1 unspecified atom stereocenters. The molecule has 0 radical (unpaired) electrons. The molecular weight excluding hydrogens is 294 g/mol. The van der Waals surface area contributed by atoms with E-state index in [9.17, 15) is 9.59 Å². The van der Waals surface area contributed by atoms with Crippen LogP contribution in [0.1, 0.15) is 26.7 Å². The molecule has 0 aromatic heterocycles. The number of hydrogen-bond donors (Lipinski definition) is 2. The standard InChI is InChI=1S/C17H25N3O3/c1-12(2)16(20-10-3-4-15(20)21)17(22)19-13-5-7-14(8-6-13)23-11-9-18/h5-8,12,16H,3-4,9-11,18H2,1-2H3,(H,19,22). The molecule has 0 aliphatic carbocycles. The van der Waals surface area contributed by atoms with Gasteiger partial charge in [-0.1, -0.05) is 13.8 Å². The molecule has 126 valence electrons. The van der Waals surface area contributed by atoms with Crippen molar-refractivity contribution in [3.8, 4) is 5.75 Å². The zero-order valence-corrected chi connectivity index (χ0v) is 13.7. The Bertz CT molecular complexity index is 543. The monoisotopic (exact) mass is 319 g/mol. The minimum atomic E-state index is -0.432. The van der Waals surface area contributed by atoms with Gasteiger partial charge in [0.2, 0.25) is 11.8 Å². The maximum atomic E-state index is 12.6. The Balaban J connectivity index is 2.02. The van der Waals surface area contributed by atoms with E-state index >= 15 is 0 Å². The molecule has 1 aromatic carbocycles. The minimum Gasteiger partial charge on any atom is -0.492 e. The fourth-order valence-electron chi connectivity index (χ4n) is 2.79. The molecule has 1 fully saturated rings. The second-order valence-corrected chi connectivity index (χ2v) is 6.03. The summed E-state index contributed by atoms with van der Waals surface area (Å²) in [5.41, 5.74) is 6.08. The molecular formula is C17H25N3O3. The van der Waals surface area contributed by atoms with Crippen molar-refractivity contribution in [3.05, 3.63) is 24.3 Å². The van der Waals surface area contributed by atoms with Crippen molar-refractivity contribution in [1.82, 2.24) is 4.90 Å². The van der Waals surface area contributed by atoms with Gasteiger partial charge in [-0.15, -0.1) is 0 Å². The molecule has 0 bridgehead atoms. The van der Waals surface area contributed by atoms with Gasteiger partial charge in [-0.3, -0.25) is 9.59 Å². The lowest BCUT2D eigenvalue weighted by molar-refractivity contribution is -0.136. The van der Waals surface area contributed by atoms with E-state index in [2.05, 4.69) is 5.32 Å². The molecule has 2 amide bonds. The van der Waals surface area contributed by atoms with Gasteiger partial charge >= 0.3 is 0 Å². The molecule has 2 rings (SSSR count). The van der Waals surface area contributed by atoms with E-state index in [0.29, 0.717) is 37.6 Å². The number of nitrogens with zero attached hydrogens (tertiary/aromatic N) is 1. The van der Waals surface area contributed by atoms with E-state index in [-0.39, 0.29) is 17.7 Å². The highest BCUT2D eigenvalue weighted by atomic mass is 16.5. The summed E-state index contributed by atoms with van der Waals surface area (Å²) in [6.45, 7) is 5.48. The first-order chi connectivity index (χ1) is 11.0. The van der Waals surface area contributed by atoms with Crippen molar-refractivity contribution in [2.75, 3.05) is 25.0 Å². The van der Waals surface area contributed by atoms with Gasteiger partial charge in [0.05, 0.1) is 0 Å². The third-order valence-electron chi connectivity index (χ3n) is 3.85. The molecule has 6 nitrogen and oxygen atoms in total. The summed E-state index contributed by atoms with van der Waals surface area (Å²) in [6.07, 6.45) is 1.35. The normalized spacial score (nSPS) is 15.8. The van der Waals surface area contributed by atoms with Crippen molar-refractivity contribution in [3.63, 3.8) is 0 Å². The first-order valence-electron chi connectivity index (χ1n) is 8.06. The van der Waals surface area contributed by atoms with Crippen LogP contribution in [0.5, 0.6) is 5.75 Å². The molecule has 1 atom stereocenters. The maximum Gasteiger partial charge on any atom is 0.247 e. The number of benzene rings is 1. The van der Waals surface area contributed by atoms with Crippen molar-refractivity contribution >= 4 is 17.5 Å². The fraction of sp³-hybridized carbons (Fsp3) is 0.529. The summed E-state index contributed by atoms with van der Waals surface area (Å²) in [6, 6.07) is 6.71. The summed E-state index contributed by atoms with van der Waals surface area (Å²) < 4.78 is 5.41. The first kappa shape index (κ1) is 17.3. The van der Waals surface area contributed by atoms with Gasteiger partial charge in [0.1, 0.15) is 18.4 Å². The predicted octanol–water partition coefficient (Wildman–Crippen LogP) is 1.61. The minimum absolute atomic E-state index is 0.0595. The number of rotatable bonds is 7. The van der Waals surface area contributed by atoms with E-state index < -0.39 is 6.04 Å². The molecule has 1 aromatic rings. The third-order valence-corrected chi connectivity index (χ3v) is 3.85. The van der Waals surface area contributed by atoms with Crippen LogP contribution < -0.4 is 15.8 Å². The number of likely N-dealkylation sites (tertiary alicyclic amines) is 1. The van der Waals surface area contributed by atoms with E-state index in [4.69, 9.17) is 10.5 Å². The number of nitrogens with two attached hydrogens (primary N) is 1. The Labute approximate surface area is 137 Å². The van der Waals surface area contributed by atoms with E-state index in [0.717, 1.165) is 6.42 Å². The Morgan fingerprint density at radius 3 is 2.57 bits per heavy atom. The molecule has 1 aliphatic heterocycles. The third kappa shape index (κ3) is 4.45. The number of amides is 2. The summed E-state index contributed by atoms with van der Waals surface area (Å²) in [5.74, 6) is 0.683. The van der Waals surface area contributed by atoms with Gasteiger partial charge in [0.25, 0.3) is 0 Å². The van der Waals surface area contributed by atoms with Crippen molar-refractivity contribution in [1.29, 1.82) is 0 Å². The Kier molecular flexibility index (Phi) is 5.98. The average Bonchev–Trinajstić information content (AvgIpc) is 2.92. The fourth-order valence-corrected chi connectivity index (χ4v) is 2.79. The van der Waals surface area contributed by atoms with Crippen LogP contribution in [-0.4, -0.2) is 42.5 Å². The summed E-state index contributed by atoms with van der Waals surface area (Å²) in [7, 11) is 0. The second-order valence-electron chi connectivity index (χ2n) is 6.03. The van der Waals surface area contributed by atoms with Gasteiger partial charge in [-0.25, -0.2) is 0 Å². The lowest BCUT2D eigenvalue weighted by atomic mass is 10.0. The van der Waals surface area contributed by atoms with Crippen molar-refractivity contribution < 1.29 is 14.3 Å². The Hall–Kier alpha value is -2.08. The number of ether oxygens (including phenoxy) is 1. The number of anilines is 1. The zero-order chi connectivity index (χ0) is 16.8. The summed E-state index contributed by atoms with van der Waals surface area (Å²) in [5, 5.41) is 2.89. The number of nitrogens with one attached hydrogen (secondary N) is 1. The van der Waals surface area contributed by atoms with Gasteiger partial charge in [0, 0.05) is 25.2 Å². The van der Waals surface area contributed by atoms with E-state index in [1.807, 2.05) is 13.8 Å². The molecule has 0 spiro atoms. The molecule has 0 saturated carbocycles. The largest absolute Gasteiger partial charge is 0.492 e. The van der Waals surface area contributed by atoms with Crippen LogP contribution in [0, 0.1) is 5.92 Å². The van der Waals surface area contributed by atoms with E-state index in [1.54, 1.807) is 29.2 Å². The Morgan fingerprint density at radius 1 is 1.35 bits per heavy atom. The highest BCUT2D eigenvalue weighted by molar-refractivity contribution is 5.97. The van der Waals surface area contributed by atoms with Gasteiger partial charge in [-0.05, 0) is 36.6 Å². The van der Waals surface area contributed by atoms with Gasteiger partial charge in [0.15, 0.2) is 0 Å². The van der Waals surface area contributed by atoms with Crippen LogP contribution >= 0.6 is 0 Å². The molecule has 6 heteroatoms. The first-order valence-corrected chi connectivity index (χ1v) is 8.06. The van der Waals surface area contributed by atoms with Crippen LogP contribution in [0.4, 0.5) is 5.69 Å². The number of hydrogen-bond acceptors (Lipinski definition) is 4. The van der Waals surface area contributed by atoms with E-state index in [1.165, 1.54) is 0 Å². The van der Waals surface area contributed by atoms with Gasteiger partial charge < -0.3 is 20.7 Å². The molecule has 3 N–H and O–H groups in total. The predicted molar refractivity (Wildman–Crippen MR) is 89.2 cm³/mol. The van der Waals surface area contributed by atoms with Crippen LogP contribution in [0.25, 0.3) is 0 Å². The summed E-state index contributed by atoms with van der Waals surface area (Å²) in [4.78, 5) is 26.2. The second kappa shape index (κ2) is 7.97. The zero-order valence-electron chi connectivity index (χ0n) is 13.7. The van der Waals surface area contributed by atoms with Crippen LogP contribution in [-0.2, 0) is 9.59 Å². The topological polar surface area (TPSA) is 84.7 Å². The lowest BCUT2D eigenvalue weighted by Gasteiger charge is -2.29.